The zero-order chi connectivity index (χ0) is 68.1. The summed E-state index contributed by atoms with van der Waals surface area (Å²) in [6.45, 7) is 1.96. The van der Waals surface area contributed by atoms with E-state index in [1.165, 1.54) is 79.0 Å². The van der Waals surface area contributed by atoms with E-state index in [9.17, 15) is 0 Å². The second-order valence-corrected chi connectivity index (χ2v) is 23.1. The van der Waals surface area contributed by atoms with Crippen LogP contribution in [0.3, 0.4) is 0 Å². The van der Waals surface area contributed by atoms with Gasteiger partial charge in [0.2, 0.25) is 0 Å². The van der Waals surface area contributed by atoms with E-state index >= 15 is 57.1 Å². The van der Waals surface area contributed by atoms with Gasteiger partial charge < -0.3 is 15.0 Å². The van der Waals surface area contributed by atoms with E-state index in [1.807, 2.05) is 42.5 Å². The van der Waals surface area contributed by atoms with Gasteiger partial charge >= 0.3 is 43.8 Å². The molecule has 0 spiro atoms. The molecule has 0 saturated carbocycles. The van der Waals surface area contributed by atoms with Crippen molar-refractivity contribution in [1.29, 1.82) is 0 Å². The largest absolute Gasteiger partial charge is 3.00 e. The van der Waals surface area contributed by atoms with Crippen molar-refractivity contribution in [3.8, 4) is 112 Å². The van der Waals surface area contributed by atoms with Crippen LogP contribution in [0.15, 0.2) is 249 Å². The molecule has 0 aliphatic rings. The molecule has 0 fully saturated rings. The fourth-order valence-electron chi connectivity index (χ4n) is 12.0. The Hall–Kier alpha value is -10.6. The Bertz CT molecular complexity index is 4950. The van der Waals surface area contributed by atoms with Gasteiger partial charge in [0.05, 0.1) is 0 Å². The second kappa shape index (κ2) is 26.8. The minimum atomic E-state index is -5.58. The maximum atomic E-state index is 17.7. The molecule has 98 heavy (non-hydrogen) atoms. The molecule has 0 radical (unpaired) electrons. The second-order valence-electron chi connectivity index (χ2n) is 23.1. The first-order chi connectivity index (χ1) is 46.5. The van der Waals surface area contributed by atoms with Crippen molar-refractivity contribution in [2.24, 2.45) is 0 Å². The molecule has 0 atom stereocenters. The van der Waals surface area contributed by atoms with Gasteiger partial charge in [-0.25, -0.2) is 0 Å². The van der Waals surface area contributed by atoms with Gasteiger partial charge in [0.1, 0.15) is 0 Å². The summed E-state index contributed by atoms with van der Waals surface area (Å²) in [6, 6.07) is 62.0. The van der Waals surface area contributed by atoms with Crippen LogP contribution in [0.25, 0.3) is 112 Å². The zero-order valence-corrected chi connectivity index (χ0v) is 53.7. The molecule has 0 N–H and O–H groups in total. The van der Waals surface area contributed by atoms with Crippen molar-refractivity contribution in [3.05, 3.63) is 330 Å². The first-order valence-electron chi connectivity index (χ1n) is 30.1. The SMILES string of the molecule is Cc1cc(-c2[c-]cc(F)c(-c3ccccc3)c2F)ncc1C(F)(F)C(F)(F)c1cc(-c2ccccc2-c2cnc(-c3[c-]cc(F)c(-c4ccccc4)c3)cc2-c2ccc(-c3ccccc3)cc2)cc(C(F)(F)C(F)(F)c2cnc(-c3[c-]cc(F)c(-c4ccccc4)c3F)cc2C)c1.[Ir+3]. The third-order valence-electron chi connectivity index (χ3n) is 17.0. The average Bonchev–Trinajstić information content (AvgIpc) is 0.756. The summed E-state index contributed by atoms with van der Waals surface area (Å²) in [4.78, 5) is 12.6. The molecule has 0 bridgehead atoms. The van der Waals surface area contributed by atoms with Gasteiger partial charge in [-0.15, -0.1) is 48.0 Å². The standard InChI is InChI=1S/C81H47F13N3.Ir/c1-47-37-72(61-32-35-69(83)74(76(61)85)53-21-11-5-12-22-53)96-45-66(47)80(91,92)78(87,88)57-39-56(40-58(42-57)79(89,90)81(93,94)67-46-97-73(38-48(67)2)62-33-36-70(84)75(77(62)86)54-23-13-6-14-24-54)59-25-15-16-26-60(59)65-44-95-71(55-31-34-68(82)64(41-55)51-19-9-4-10-20-51)43-63(65)52-29-27-50(28-30-52)49-17-7-3-8-18-49;/h3-30,34-46H,1-2H3;/q-3;+3. The van der Waals surface area contributed by atoms with Crippen molar-refractivity contribution in [1.82, 2.24) is 15.0 Å². The van der Waals surface area contributed by atoms with Crippen LogP contribution >= 0.6 is 0 Å². The van der Waals surface area contributed by atoms with Crippen molar-refractivity contribution in [3.63, 3.8) is 0 Å². The topological polar surface area (TPSA) is 38.7 Å². The number of halogens is 13. The first-order valence-corrected chi connectivity index (χ1v) is 30.1. The van der Waals surface area contributed by atoms with Gasteiger partial charge in [0, 0.05) is 75.5 Å². The third-order valence-corrected chi connectivity index (χ3v) is 17.0. The zero-order valence-electron chi connectivity index (χ0n) is 51.3. The molecule has 17 heteroatoms. The number of hydrogen-bond acceptors (Lipinski definition) is 3. The minimum Gasteiger partial charge on any atom is -0.304 e. The van der Waals surface area contributed by atoms with Crippen molar-refractivity contribution >= 4 is 0 Å². The summed E-state index contributed by atoms with van der Waals surface area (Å²) in [7, 11) is 0. The quantitative estimate of drug-likeness (QED) is 0.0715. The molecule has 0 saturated heterocycles. The van der Waals surface area contributed by atoms with Crippen LogP contribution in [0.2, 0.25) is 0 Å². The van der Waals surface area contributed by atoms with Crippen LogP contribution in [0, 0.1) is 61.1 Å². The number of aryl methyl sites for hydroxylation is 2. The molecule has 13 aromatic rings. The smallest absolute Gasteiger partial charge is 0.304 e. The van der Waals surface area contributed by atoms with Gasteiger partial charge in [-0.2, -0.15) is 35.1 Å². The van der Waals surface area contributed by atoms with E-state index in [2.05, 4.69) is 28.2 Å². The van der Waals surface area contributed by atoms with Crippen LogP contribution in [0.4, 0.5) is 57.1 Å². The van der Waals surface area contributed by atoms with Gasteiger partial charge in [0.15, 0.2) is 0 Å². The molecule has 10 aromatic carbocycles. The summed E-state index contributed by atoms with van der Waals surface area (Å²) in [5.74, 6) is -27.0. The number of aromatic nitrogens is 3. The number of alkyl halides is 8. The molecular weight excluding hydrogens is 1450 g/mol. The molecule has 0 unspecified atom stereocenters. The Balaban J connectivity index is 0.00000914. The van der Waals surface area contributed by atoms with Crippen LogP contribution in [0.1, 0.15) is 33.4 Å². The van der Waals surface area contributed by atoms with Crippen molar-refractivity contribution in [2.45, 2.75) is 37.5 Å². The first kappa shape index (κ1) is 67.4. The van der Waals surface area contributed by atoms with E-state index < -0.39 is 125 Å². The van der Waals surface area contributed by atoms with E-state index in [0.717, 1.165) is 55.3 Å². The summed E-state index contributed by atoms with van der Waals surface area (Å²) >= 11 is 0. The predicted octanol–water partition coefficient (Wildman–Crippen LogP) is 23.0. The average molecular weight is 1500 g/mol. The summed E-state index contributed by atoms with van der Waals surface area (Å²) in [5.41, 5.74) is -7.30. The summed E-state index contributed by atoms with van der Waals surface area (Å²) < 4.78 is 219. The number of benzene rings is 10. The third kappa shape index (κ3) is 12.3. The molecular formula is C81H47F13IrN3. The molecule has 13 rings (SSSR count). The molecule has 3 heterocycles. The normalized spacial score (nSPS) is 11.9. The molecule has 0 aliphatic carbocycles. The Morgan fingerprint density at radius 1 is 0.306 bits per heavy atom. The number of hydrogen-bond donors (Lipinski definition) is 0. The van der Waals surface area contributed by atoms with E-state index in [-0.39, 0.29) is 65.2 Å². The van der Waals surface area contributed by atoms with Crippen LogP contribution in [0.5, 0.6) is 0 Å². The molecule has 3 nitrogen and oxygen atoms in total. The Morgan fingerprint density at radius 3 is 1.16 bits per heavy atom. The maximum Gasteiger partial charge on any atom is 3.00 e. The van der Waals surface area contributed by atoms with Gasteiger partial charge in [0.25, 0.3) is 0 Å². The Morgan fingerprint density at radius 2 is 0.694 bits per heavy atom. The Kier molecular flexibility index (Phi) is 18.4. The summed E-state index contributed by atoms with van der Waals surface area (Å²) in [5, 5.41) is 0. The van der Waals surface area contributed by atoms with Gasteiger partial charge in [-0.05, 0) is 127 Å². The number of rotatable bonds is 16. The van der Waals surface area contributed by atoms with Crippen LogP contribution < -0.4 is 0 Å². The minimum absolute atomic E-state index is 0. The van der Waals surface area contributed by atoms with Crippen LogP contribution in [-0.2, 0) is 43.8 Å². The maximum absolute atomic E-state index is 17.7. The fourth-order valence-corrected chi connectivity index (χ4v) is 12.0. The van der Waals surface area contributed by atoms with E-state index in [4.69, 9.17) is 4.98 Å². The number of nitrogens with zero attached hydrogens (tertiary/aromatic N) is 3. The Labute approximate surface area is 568 Å². The van der Waals surface area contributed by atoms with Crippen molar-refractivity contribution in [2.75, 3.05) is 0 Å². The summed E-state index contributed by atoms with van der Waals surface area (Å²) in [6.07, 6.45) is 2.04. The predicted molar refractivity (Wildman–Crippen MR) is 348 cm³/mol. The van der Waals surface area contributed by atoms with Gasteiger partial charge in [-0.3, -0.25) is 22.0 Å². The molecule has 0 amide bonds. The molecule has 3 aromatic heterocycles. The molecule has 0 aliphatic heterocycles. The fraction of sp³-hybridized carbons (Fsp3) is 0.0741. The van der Waals surface area contributed by atoms with Gasteiger partial charge in [-0.1, -0.05) is 205 Å². The van der Waals surface area contributed by atoms with Crippen molar-refractivity contribution < 1.29 is 77.2 Å². The molecule has 486 valence electrons. The van der Waals surface area contributed by atoms with E-state index in [1.54, 1.807) is 66.7 Å². The van der Waals surface area contributed by atoms with Crippen LogP contribution in [-0.4, -0.2) is 15.0 Å². The monoisotopic (exact) mass is 1500 g/mol. The number of pyridine rings is 3. The van der Waals surface area contributed by atoms with E-state index in [0.29, 0.717) is 46.8 Å².